The highest BCUT2D eigenvalue weighted by molar-refractivity contribution is 7.10. The molecule has 25 heavy (non-hydrogen) atoms. The first-order chi connectivity index (χ1) is 12.3. The highest BCUT2D eigenvalue weighted by Gasteiger charge is 2.32. The molecule has 124 valence electrons. The quantitative estimate of drug-likeness (QED) is 0.405. The van der Waals surface area contributed by atoms with Gasteiger partial charge in [-0.25, -0.2) is 0 Å². The molecule has 0 fully saturated rings. The van der Waals surface area contributed by atoms with E-state index in [1.54, 1.807) is 11.3 Å². The van der Waals surface area contributed by atoms with Crippen molar-refractivity contribution in [1.29, 1.82) is 0 Å². The van der Waals surface area contributed by atoms with E-state index in [9.17, 15) is 4.79 Å². The van der Waals surface area contributed by atoms with Crippen LogP contribution in [0.3, 0.4) is 0 Å². The molecule has 3 heteroatoms. The minimum Gasteiger partial charge on any atom is -0.288 e. The van der Waals surface area contributed by atoms with Gasteiger partial charge in [-0.1, -0.05) is 72.7 Å². The summed E-state index contributed by atoms with van der Waals surface area (Å²) >= 11 is 1.71. The van der Waals surface area contributed by atoms with Gasteiger partial charge in [0.2, 0.25) is 6.41 Å². The molecule has 0 bridgehead atoms. The van der Waals surface area contributed by atoms with E-state index in [4.69, 9.17) is 0 Å². The molecule has 0 unspecified atom stereocenters. The summed E-state index contributed by atoms with van der Waals surface area (Å²) in [7, 11) is 0. The van der Waals surface area contributed by atoms with Crippen LogP contribution < -0.4 is 5.32 Å². The van der Waals surface area contributed by atoms with Crippen molar-refractivity contribution in [3.63, 3.8) is 0 Å². The minimum atomic E-state index is -0.382. The second kappa shape index (κ2) is 8.32. The van der Waals surface area contributed by atoms with Crippen LogP contribution in [-0.2, 0) is 23.1 Å². The average molecular weight is 345 g/mol. The van der Waals surface area contributed by atoms with E-state index in [0.29, 0.717) is 6.41 Å². The highest BCUT2D eigenvalue weighted by Crippen LogP contribution is 2.35. The van der Waals surface area contributed by atoms with Crippen molar-refractivity contribution in [3.8, 4) is 12.0 Å². The molecular weight excluding hydrogens is 326 g/mol. The number of amides is 1. The number of hydrogen-bond donors (Lipinski definition) is 1. The third-order valence-electron chi connectivity index (χ3n) is 4.12. The molecule has 0 atom stereocenters. The van der Waals surface area contributed by atoms with Crippen LogP contribution in [0.4, 0.5) is 0 Å². The van der Waals surface area contributed by atoms with Gasteiger partial charge in [0.25, 0.3) is 0 Å². The van der Waals surface area contributed by atoms with E-state index in [1.165, 1.54) is 16.0 Å². The summed E-state index contributed by atoms with van der Waals surface area (Å²) in [6.07, 6.45) is 2.20. The van der Waals surface area contributed by atoms with Crippen molar-refractivity contribution in [2.45, 2.75) is 18.3 Å². The normalized spacial score (nSPS) is 10.6. The maximum absolute atomic E-state index is 10.7. The van der Waals surface area contributed by atoms with Gasteiger partial charge in [-0.3, -0.25) is 10.1 Å². The third kappa shape index (κ3) is 4.37. The Balaban J connectivity index is 2.06. The predicted octanol–water partition coefficient (Wildman–Crippen LogP) is 4.18. The van der Waals surface area contributed by atoms with Gasteiger partial charge in [0.05, 0.1) is 5.41 Å². The van der Waals surface area contributed by atoms with Gasteiger partial charge in [-0.15, -0.1) is 11.3 Å². The summed E-state index contributed by atoms with van der Waals surface area (Å²) in [5.41, 5.74) is 2.08. The predicted molar refractivity (Wildman–Crippen MR) is 103 cm³/mol. The number of rotatable bonds is 6. The molecule has 2 aromatic carbocycles. The van der Waals surface area contributed by atoms with E-state index in [0.717, 1.165) is 12.8 Å². The minimum absolute atomic E-state index is 0.382. The molecule has 0 spiro atoms. The zero-order valence-electron chi connectivity index (χ0n) is 13.8. The Hall–Kier alpha value is -2.83. The second-order valence-electron chi connectivity index (χ2n) is 5.90. The fourth-order valence-corrected chi connectivity index (χ4v) is 3.89. The Morgan fingerprint density at radius 1 is 0.880 bits per heavy atom. The lowest BCUT2D eigenvalue weighted by molar-refractivity contribution is -0.108. The maximum atomic E-state index is 10.7. The van der Waals surface area contributed by atoms with Crippen molar-refractivity contribution in [3.05, 3.63) is 94.2 Å². The van der Waals surface area contributed by atoms with Crippen molar-refractivity contribution in [1.82, 2.24) is 5.32 Å². The zero-order valence-corrected chi connectivity index (χ0v) is 14.6. The van der Waals surface area contributed by atoms with Gasteiger partial charge in [0, 0.05) is 10.9 Å². The summed E-state index contributed by atoms with van der Waals surface area (Å²) in [4.78, 5) is 11.9. The maximum Gasteiger partial charge on any atom is 0.218 e. The Labute approximate surface area is 152 Å². The summed E-state index contributed by atoms with van der Waals surface area (Å²) in [6.45, 7) is 0. The third-order valence-corrected chi connectivity index (χ3v) is 5.20. The number of thiophene rings is 1. The van der Waals surface area contributed by atoms with Gasteiger partial charge in [0.15, 0.2) is 0 Å². The van der Waals surface area contributed by atoms with Crippen molar-refractivity contribution in [2.24, 2.45) is 0 Å². The van der Waals surface area contributed by atoms with Crippen LogP contribution in [0.25, 0.3) is 0 Å². The molecule has 0 saturated carbocycles. The lowest BCUT2D eigenvalue weighted by Crippen LogP contribution is -2.30. The fourth-order valence-electron chi connectivity index (χ4n) is 3.01. The first-order valence-corrected chi connectivity index (χ1v) is 9.03. The molecule has 3 rings (SSSR count). The zero-order chi connectivity index (χ0) is 17.4. The Kier molecular flexibility index (Phi) is 5.66. The monoisotopic (exact) mass is 345 g/mol. The van der Waals surface area contributed by atoms with Crippen LogP contribution >= 0.6 is 11.3 Å². The summed E-state index contributed by atoms with van der Waals surface area (Å²) in [5.74, 6) is 3.35. The number of carbonyl (C=O) groups is 1. The van der Waals surface area contributed by atoms with Crippen LogP contribution in [0.1, 0.15) is 16.0 Å². The second-order valence-corrected chi connectivity index (χ2v) is 6.84. The average Bonchev–Trinajstić information content (AvgIpc) is 3.19. The molecule has 0 aliphatic heterocycles. The van der Waals surface area contributed by atoms with Crippen molar-refractivity contribution < 1.29 is 4.79 Å². The number of nitrogens with one attached hydrogen (secondary N) is 1. The van der Waals surface area contributed by atoms with Crippen molar-refractivity contribution in [2.75, 3.05) is 0 Å². The summed E-state index contributed by atoms with van der Waals surface area (Å²) in [6, 6.07) is 27.8. The van der Waals surface area contributed by atoms with Crippen LogP contribution in [0.15, 0.2) is 78.2 Å². The highest BCUT2D eigenvalue weighted by atomic mass is 32.1. The van der Waals surface area contributed by atoms with Gasteiger partial charge in [0.1, 0.15) is 0 Å². The Bertz CT molecular complexity index is 804. The molecule has 1 heterocycles. The van der Waals surface area contributed by atoms with Crippen molar-refractivity contribution >= 4 is 17.7 Å². The first kappa shape index (κ1) is 17.0. The van der Waals surface area contributed by atoms with E-state index < -0.39 is 0 Å². The smallest absolute Gasteiger partial charge is 0.218 e. The molecule has 1 N–H and O–H groups in total. The van der Waals surface area contributed by atoms with Gasteiger partial charge < -0.3 is 0 Å². The summed E-state index contributed by atoms with van der Waals surface area (Å²) < 4.78 is 0. The van der Waals surface area contributed by atoms with E-state index in [1.807, 2.05) is 36.4 Å². The van der Waals surface area contributed by atoms with Gasteiger partial charge in [-0.05, 0) is 35.4 Å². The summed E-state index contributed by atoms with van der Waals surface area (Å²) in [5, 5.41) is 4.58. The van der Waals surface area contributed by atoms with Gasteiger partial charge in [-0.2, -0.15) is 0 Å². The standard InChI is InChI=1S/C22H19NOS/c24-18-23-14-13-22(21-12-7-15-25-21,16-19-8-3-1-4-9-19)17-20-10-5-2-6-11-20/h1-12,15,18H,16-17H2,(H,23,24). The number of carbonyl (C=O) groups excluding carboxylic acids is 1. The van der Waals surface area contributed by atoms with E-state index >= 15 is 0 Å². The molecule has 1 aromatic heterocycles. The Morgan fingerprint density at radius 3 is 1.96 bits per heavy atom. The van der Waals surface area contributed by atoms with Crippen LogP contribution in [0, 0.1) is 12.0 Å². The molecule has 1 amide bonds. The largest absolute Gasteiger partial charge is 0.288 e. The lowest BCUT2D eigenvalue weighted by atomic mass is 9.76. The molecule has 0 aliphatic rings. The lowest BCUT2D eigenvalue weighted by Gasteiger charge is -2.28. The molecule has 0 saturated heterocycles. The fraction of sp³-hybridized carbons (Fsp3) is 0.136. The molecule has 2 nitrogen and oxygen atoms in total. The molecular formula is C22H19NOS. The van der Waals surface area contributed by atoms with E-state index in [-0.39, 0.29) is 5.41 Å². The SMILES string of the molecule is O=CNC#CC(Cc1ccccc1)(Cc1ccccc1)c1cccs1. The molecule has 0 radical (unpaired) electrons. The number of benzene rings is 2. The van der Waals surface area contributed by atoms with Crippen LogP contribution in [-0.4, -0.2) is 6.41 Å². The van der Waals surface area contributed by atoms with E-state index in [2.05, 4.69) is 59.1 Å². The Morgan fingerprint density at radius 2 is 1.48 bits per heavy atom. The number of hydrogen-bond acceptors (Lipinski definition) is 2. The molecule has 0 aliphatic carbocycles. The van der Waals surface area contributed by atoms with Crippen LogP contribution in [0.5, 0.6) is 0 Å². The van der Waals surface area contributed by atoms with Crippen LogP contribution in [0.2, 0.25) is 0 Å². The topological polar surface area (TPSA) is 29.1 Å². The first-order valence-electron chi connectivity index (χ1n) is 8.16. The molecule has 3 aromatic rings. The van der Waals surface area contributed by atoms with Gasteiger partial charge >= 0.3 is 0 Å².